The lowest BCUT2D eigenvalue weighted by Gasteiger charge is -2.51. The maximum atomic E-state index is 13.4. The number of carbonyl (C=O) groups is 3. The largest absolute Gasteiger partial charge is 0.466 e. The SMILES string of the molecule is C=CC[C@H]1C[C@H]2C[C@H]3CCC[C@@H](C[C@@H](O)CC(=O)O[C@@H](CO)C[C@@H]4C/C(=C\C(=O)OC)[C@H](OC(=O)CCCCCCC)[C@@](O)(O4)C(C)(C)/C=C\[C@H](O2)O1)O3. The van der Waals surface area contributed by atoms with Gasteiger partial charge in [-0.15, -0.1) is 6.58 Å². The molecule has 4 aliphatic rings. The van der Waals surface area contributed by atoms with Gasteiger partial charge in [0.25, 0.3) is 0 Å². The van der Waals surface area contributed by atoms with E-state index >= 15 is 0 Å². The minimum atomic E-state index is -2.27. The first kappa shape index (κ1) is 44.1. The van der Waals surface area contributed by atoms with Crippen LogP contribution in [-0.4, -0.2) is 108 Å². The second kappa shape index (κ2) is 21.0. The molecule has 3 saturated heterocycles. The molecule has 10 atom stereocenters. The van der Waals surface area contributed by atoms with E-state index < -0.39 is 66.4 Å². The number of rotatable bonds is 11. The quantitative estimate of drug-likeness (QED) is 0.0816. The number of cyclic esters (lactones) is 1. The van der Waals surface area contributed by atoms with Gasteiger partial charge < -0.3 is 48.5 Å². The Kier molecular flexibility index (Phi) is 17.2. The summed E-state index contributed by atoms with van der Waals surface area (Å²) in [5, 5.41) is 33.9. The van der Waals surface area contributed by atoms with Gasteiger partial charge in [0, 0.05) is 43.6 Å². The molecule has 3 N–H and O–H groups in total. The van der Waals surface area contributed by atoms with Crippen molar-refractivity contribution in [3.05, 3.63) is 36.5 Å². The van der Waals surface area contributed by atoms with Gasteiger partial charge in [-0.1, -0.05) is 58.6 Å². The van der Waals surface area contributed by atoms with Crippen LogP contribution in [0.3, 0.4) is 0 Å². The Labute approximate surface area is 320 Å². The summed E-state index contributed by atoms with van der Waals surface area (Å²) in [7, 11) is 1.22. The third-order valence-corrected chi connectivity index (χ3v) is 10.9. The molecule has 0 aliphatic carbocycles. The average molecular weight is 765 g/mol. The van der Waals surface area contributed by atoms with Crippen molar-refractivity contribution in [1.82, 2.24) is 0 Å². The molecule has 0 aromatic rings. The Bertz CT molecular complexity index is 1300. The van der Waals surface area contributed by atoms with E-state index in [0.29, 0.717) is 25.7 Å². The first-order valence-corrected chi connectivity index (χ1v) is 19.9. The van der Waals surface area contributed by atoms with Gasteiger partial charge >= 0.3 is 17.9 Å². The molecule has 4 aliphatic heterocycles. The zero-order valence-electron chi connectivity index (χ0n) is 32.7. The molecule has 0 amide bonds. The minimum Gasteiger partial charge on any atom is -0.466 e. The van der Waals surface area contributed by atoms with Crippen molar-refractivity contribution in [3.8, 4) is 0 Å². The molecule has 0 unspecified atom stereocenters. The molecule has 13 heteroatoms. The monoisotopic (exact) mass is 764 g/mol. The molecule has 4 rings (SSSR count). The van der Waals surface area contributed by atoms with E-state index in [0.717, 1.165) is 44.9 Å². The second-order valence-corrected chi connectivity index (χ2v) is 15.8. The maximum absolute atomic E-state index is 13.4. The molecule has 0 spiro atoms. The zero-order chi connectivity index (χ0) is 39.3. The summed E-state index contributed by atoms with van der Waals surface area (Å²) in [5.41, 5.74) is -1.08. The summed E-state index contributed by atoms with van der Waals surface area (Å²) >= 11 is 0. The van der Waals surface area contributed by atoms with E-state index in [9.17, 15) is 29.7 Å². The molecular formula is C41H64O13. The van der Waals surface area contributed by atoms with E-state index in [1.165, 1.54) is 13.2 Å². The van der Waals surface area contributed by atoms with E-state index in [4.69, 9.17) is 33.2 Å². The molecule has 13 nitrogen and oxygen atoms in total. The highest BCUT2D eigenvalue weighted by Crippen LogP contribution is 2.47. The summed E-state index contributed by atoms with van der Waals surface area (Å²) < 4.78 is 42.2. The van der Waals surface area contributed by atoms with Crippen molar-refractivity contribution in [2.75, 3.05) is 13.7 Å². The van der Waals surface area contributed by atoms with Crippen molar-refractivity contribution in [2.24, 2.45) is 5.41 Å². The Morgan fingerprint density at radius 1 is 0.963 bits per heavy atom. The van der Waals surface area contributed by atoms with Gasteiger partial charge in [0.2, 0.25) is 5.79 Å². The molecule has 3 fully saturated rings. The van der Waals surface area contributed by atoms with E-state index in [1.807, 2.05) is 0 Å². The van der Waals surface area contributed by atoms with Crippen LogP contribution in [0.15, 0.2) is 36.5 Å². The smallest absolute Gasteiger partial charge is 0.330 e. The van der Waals surface area contributed by atoms with Crippen LogP contribution in [0, 0.1) is 5.41 Å². The Hall–Kier alpha value is -2.65. The molecule has 4 heterocycles. The third-order valence-electron chi connectivity index (χ3n) is 10.9. The average Bonchev–Trinajstić information content (AvgIpc) is 3.11. The third kappa shape index (κ3) is 12.7. The number of carbonyl (C=O) groups excluding carboxylic acids is 3. The molecular weight excluding hydrogens is 700 g/mol. The number of methoxy groups -OCH3 is 1. The number of unbranched alkanes of at least 4 members (excludes halogenated alkanes) is 4. The maximum Gasteiger partial charge on any atom is 0.330 e. The van der Waals surface area contributed by atoms with Crippen LogP contribution in [0.5, 0.6) is 0 Å². The predicted molar refractivity (Wildman–Crippen MR) is 198 cm³/mol. The number of aliphatic hydroxyl groups is 3. The fourth-order valence-corrected chi connectivity index (χ4v) is 7.89. The van der Waals surface area contributed by atoms with Crippen molar-refractivity contribution >= 4 is 17.9 Å². The van der Waals surface area contributed by atoms with Crippen LogP contribution >= 0.6 is 0 Å². The highest BCUT2D eigenvalue weighted by molar-refractivity contribution is 5.83. The van der Waals surface area contributed by atoms with Crippen LogP contribution in [0.25, 0.3) is 0 Å². The Morgan fingerprint density at radius 2 is 1.69 bits per heavy atom. The summed E-state index contributed by atoms with van der Waals surface area (Å²) in [4.78, 5) is 39.1. The van der Waals surface area contributed by atoms with Gasteiger partial charge in [-0.25, -0.2) is 4.79 Å². The van der Waals surface area contributed by atoms with E-state index in [-0.39, 0.29) is 62.1 Å². The lowest BCUT2D eigenvalue weighted by molar-refractivity contribution is -0.327. The fourth-order valence-electron chi connectivity index (χ4n) is 7.89. The van der Waals surface area contributed by atoms with Gasteiger partial charge in [0.1, 0.15) is 6.10 Å². The minimum absolute atomic E-state index is 0.0116. The molecule has 54 heavy (non-hydrogen) atoms. The first-order chi connectivity index (χ1) is 25.8. The van der Waals surface area contributed by atoms with Gasteiger partial charge in [-0.2, -0.15) is 0 Å². The molecule has 0 aromatic heterocycles. The highest BCUT2D eigenvalue weighted by Gasteiger charge is 2.57. The topological polar surface area (TPSA) is 177 Å². The van der Waals surface area contributed by atoms with Crippen LogP contribution in [0.4, 0.5) is 0 Å². The summed E-state index contributed by atoms with van der Waals surface area (Å²) in [6.45, 7) is 8.86. The van der Waals surface area contributed by atoms with Crippen molar-refractivity contribution < 1.29 is 62.9 Å². The van der Waals surface area contributed by atoms with E-state index in [2.05, 4.69) is 13.5 Å². The van der Waals surface area contributed by atoms with Gasteiger partial charge in [-0.3, -0.25) is 9.59 Å². The number of hydrogen-bond acceptors (Lipinski definition) is 13. The van der Waals surface area contributed by atoms with Crippen LogP contribution in [0.2, 0.25) is 0 Å². The lowest BCUT2D eigenvalue weighted by atomic mass is 9.74. The van der Waals surface area contributed by atoms with Crippen LogP contribution in [-0.2, 0) is 47.5 Å². The summed E-state index contributed by atoms with van der Waals surface area (Å²) in [6.07, 6.45) is 9.26. The van der Waals surface area contributed by atoms with Crippen molar-refractivity contribution in [2.45, 2.75) is 184 Å². The van der Waals surface area contributed by atoms with Gasteiger partial charge in [0.15, 0.2) is 12.4 Å². The predicted octanol–water partition coefficient (Wildman–Crippen LogP) is 5.27. The molecule has 306 valence electrons. The summed E-state index contributed by atoms with van der Waals surface area (Å²) in [5.74, 6) is -4.26. The lowest BCUT2D eigenvalue weighted by Crippen LogP contribution is -2.62. The Balaban J connectivity index is 1.72. The van der Waals surface area contributed by atoms with E-state index in [1.54, 1.807) is 32.1 Å². The number of esters is 3. The number of ether oxygens (including phenoxy) is 7. The van der Waals surface area contributed by atoms with Gasteiger partial charge in [0.05, 0.1) is 56.8 Å². The van der Waals surface area contributed by atoms with Crippen molar-refractivity contribution in [1.29, 1.82) is 0 Å². The molecule has 0 aromatic carbocycles. The normalized spacial score (nSPS) is 36.3. The second-order valence-electron chi connectivity index (χ2n) is 15.8. The van der Waals surface area contributed by atoms with Crippen LogP contribution < -0.4 is 0 Å². The first-order valence-electron chi connectivity index (χ1n) is 19.9. The van der Waals surface area contributed by atoms with Crippen LogP contribution in [0.1, 0.15) is 124 Å². The molecule has 0 radical (unpaired) electrons. The molecule has 0 saturated carbocycles. The van der Waals surface area contributed by atoms with Crippen molar-refractivity contribution in [3.63, 3.8) is 0 Å². The highest BCUT2D eigenvalue weighted by atomic mass is 16.7. The summed E-state index contributed by atoms with van der Waals surface area (Å²) in [6, 6.07) is 0. The number of fused-ring (bicyclic) bond motifs is 6. The standard InChI is InChI=1S/C41H64O13/c1-6-8-9-10-11-16-35(44)53-39-27(20-36(45)48-5)19-33-25-34(26-42)50-37(46)22-28(43)21-30-14-12-15-31(49-30)24-32-23-29(13-7-2)51-38(52-32)17-18-40(3,4)41(39,47)54-33/h7,17-18,20,28-34,38-39,42-43,47H,2,6,8-16,19,21-26H2,1,3-5H3/b18-17-,27-20+/t28-,29+,30+,31-,32+,33+,34-,38+,39+,41-/m1/s1. The number of aliphatic hydroxyl groups excluding tert-OH is 2. The zero-order valence-corrected chi connectivity index (χ0v) is 32.7. The Morgan fingerprint density at radius 3 is 2.39 bits per heavy atom. The number of hydrogen-bond donors (Lipinski definition) is 3. The fraction of sp³-hybridized carbons (Fsp3) is 0.780. The molecule has 6 bridgehead atoms. The van der Waals surface area contributed by atoms with Gasteiger partial charge in [-0.05, 0) is 50.2 Å².